The first-order valence-corrected chi connectivity index (χ1v) is 7.93. The van der Waals surface area contributed by atoms with Gasteiger partial charge in [-0.05, 0) is 11.1 Å². The molecule has 2 atom stereocenters. The van der Waals surface area contributed by atoms with Gasteiger partial charge in [-0.2, -0.15) is 0 Å². The fourth-order valence-corrected chi connectivity index (χ4v) is 2.17. The highest BCUT2D eigenvalue weighted by Crippen LogP contribution is 2.16. The van der Waals surface area contributed by atoms with Gasteiger partial charge in [0.15, 0.2) is 6.29 Å². The van der Waals surface area contributed by atoms with Crippen molar-refractivity contribution >= 4 is 0 Å². The second-order valence-electron chi connectivity index (χ2n) is 5.52. The Bertz CT molecular complexity index is 521. The van der Waals surface area contributed by atoms with E-state index in [0.717, 1.165) is 11.1 Å². The van der Waals surface area contributed by atoms with Crippen molar-refractivity contribution < 1.29 is 24.1 Å². The standard InChI is InChI=1S/C19H23FO4/c20-17(18(22)12-21)11-19(23-13-15-7-3-1-4-8-15)24-14-16-9-5-2-6-10-16/h1-10,17-19,21-22H,11-14H2/t17-,18+/m0/s1. The molecule has 2 N–H and O–H groups in total. The van der Waals surface area contributed by atoms with Gasteiger partial charge in [0.05, 0.1) is 19.8 Å². The zero-order chi connectivity index (χ0) is 17.2. The van der Waals surface area contributed by atoms with E-state index in [1.165, 1.54) is 0 Å². The molecular weight excluding hydrogens is 311 g/mol. The zero-order valence-electron chi connectivity index (χ0n) is 13.4. The molecule has 0 saturated carbocycles. The molecule has 0 amide bonds. The Balaban J connectivity index is 1.92. The minimum atomic E-state index is -1.62. The van der Waals surface area contributed by atoms with Crippen LogP contribution in [0.4, 0.5) is 4.39 Å². The molecule has 0 aliphatic heterocycles. The maximum atomic E-state index is 13.9. The van der Waals surface area contributed by atoms with Crippen LogP contribution in [0.2, 0.25) is 0 Å². The van der Waals surface area contributed by atoms with Crippen molar-refractivity contribution in [2.24, 2.45) is 0 Å². The summed E-state index contributed by atoms with van der Waals surface area (Å²) in [6.07, 6.45) is -4.03. The Morgan fingerprint density at radius 3 is 1.71 bits per heavy atom. The van der Waals surface area contributed by atoms with Crippen LogP contribution in [0.15, 0.2) is 60.7 Å². The Hall–Kier alpha value is -1.79. The maximum absolute atomic E-state index is 13.9. The minimum absolute atomic E-state index is 0.151. The van der Waals surface area contributed by atoms with Crippen molar-refractivity contribution in [1.82, 2.24) is 0 Å². The third-order valence-corrected chi connectivity index (χ3v) is 3.58. The molecule has 0 saturated heterocycles. The van der Waals surface area contributed by atoms with Crippen LogP contribution >= 0.6 is 0 Å². The largest absolute Gasteiger partial charge is 0.394 e. The topological polar surface area (TPSA) is 58.9 Å². The van der Waals surface area contributed by atoms with Gasteiger partial charge in [0.1, 0.15) is 12.3 Å². The van der Waals surface area contributed by atoms with E-state index in [1.54, 1.807) is 0 Å². The molecule has 0 radical (unpaired) electrons. The lowest BCUT2D eigenvalue weighted by Gasteiger charge is -2.22. The lowest BCUT2D eigenvalue weighted by molar-refractivity contribution is -0.173. The van der Waals surface area contributed by atoms with Crippen LogP contribution in [0.25, 0.3) is 0 Å². The fraction of sp³-hybridized carbons (Fsp3) is 0.368. The highest BCUT2D eigenvalue weighted by atomic mass is 19.1. The molecule has 0 spiro atoms. The summed E-state index contributed by atoms with van der Waals surface area (Å²) in [4.78, 5) is 0. The molecule has 0 aliphatic carbocycles. The van der Waals surface area contributed by atoms with E-state index < -0.39 is 25.2 Å². The minimum Gasteiger partial charge on any atom is -0.394 e. The Morgan fingerprint density at radius 2 is 1.29 bits per heavy atom. The van der Waals surface area contributed by atoms with Gasteiger partial charge < -0.3 is 19.7 Å². The molecule has 5 heteroatoms. The van der Waals surface area contributed by atoms with Gasteiger partial charge in [-0.3, -0.25) is 0 Å². The van der Waals surface area contributed by atoms with Crippen LogP contribution in [-0.4, -0.2) is 35.4 Å². The molecule has 0 bridgehead atoms. The van der Waals surface area contributed by atoms with Crippen LogP contribution < -0.4 is 0 Å². The molecule has 0 unspecified atom stereocenters. The van der Waals surface area contributed by atoms with E-state index >= 15 is 0 Å². The summed E-state index contributed by atoms with van der Waals surface area (Å²) < 4.78 is 25.2. The van der Waals surface area contributed by atoms with E-state index in [1.807, 2.05) is 60.7 Å². The third kappa shape index (κ3) is 6.37. The summed E-state index contributed by atoms with van der Waals surface area (Å²) in [5.74, 6) is 0. The molecule has 2 aromatic carbocycles. The first-order valence-electron chi connectivity index (χ1n) is 7.93. The molecule has 24 heavy (non-hydrogen) atoms. The van der Waals surface area contributed by atoms with Crippen LogP contribution in [0.1, 0.15) is 17.5 Å². The van der Waals surface area contributed by atoms with Gasteiger partial charge in [0.2, 0.25) is 0 Å². The number of benzene rings is 2. The van der Waals surface area contributed by atoms with Crippen molar-refractivity contribution in [2.75, 3.05) is 6.61 Å². The van der Waals surface area contributed by atoms with Crippen LogP contribution in [0.5, 0.6) is 0 Å². The van der Waals surface area contributed by atoms with Crippen molar-refractivity contribution in [3.8, 4) is 0 Å². The van der Waals surface area contributed by atoms with Crippen molar-refractivity contribution in [1.29, 1.82) is 0 Å². The second-order valence-corrected chi connectivity index (χ2v) is 5.52. The summed E-state index contributed by atoms with van der Waals surface area (Å²) >= 11 is 0. The Labute approximate surface area is 141 Å². The molecule has 0 heterocycles. The van der Waals surface area contributed by atoms with Crippen molar-refractivity contribution in [2.45, 2.75) is 38.2 Å². The number of ether oxygens (including phenoxy) is 2. The second kappa shape index (κ2) is 10.2. The normalized spacial score (nSPS) is 13.8. The van der Waals surface area contributed by atoms with E-state index in [0.29, 0.717) is 0 Å². The van der Waals surface area contributed by atoms with Gasteiger partial charge in [-0.1, -0.05) is 60.7 Å². The lowest BCUT2D eigenvalue weighted by Crippen LogP contribution is -2.31. The van der Waals surface area contributed by atoms with E-state index in [4.69, 9.17) is 14.6 Å². The number of hydrogen-bond donors (Lipinski definition) is 2. The highest BCUT2D eigenvalue weighted by molar-refractivity contribution is 5.14. The molecule has 0 fully saturated rings. The van der Waals surface area contributed by atoms with Gasteiger partial charge >= 0.3 is 0 Å². The SMILES string of the molecule is OC[C@@H](O)[C@@H](F)CC(OCc1ccccc1)OCc1ccccc1. The predicted molar refractivity (Wildman–Crippen MR) is 88.9 cm³/mol. The number of hydrogen-bond acceptors (Lipinski definition) is 4. The monoisotopic (exact) mass is 334 g/mol. The summed E-state index contributed by atoms with van der Waals surface area (Å²) in [5.41, 5.74) is 1.90. The van der Waals surface area contributed by atoms with Gasteiger partial charge in [0.25, 0.3) is 0 Å². The zero-order valence-corrected chi connectivity index (χ0v) is 13.4. The molecule has 0 aromatic heterocycles. The average molecular weight is 334 g/mol. The maximum Gasteiger partial charge on any atom is 0.161 e. The van der Waals surface area contributed by atoms with Crippen molar-refractivity contribution in [3.63, 3.8) is 0 Å². The number of rotatable bonds is 10. The summed E-state index contributed by atoms with van der Waals surface area (Å²) in [6, 6.07) is 19.0. The predicted octanol–water partition coefficient (Wildman–Crippen LogP) is 2.83. The van der Waals surface area contributed by atoms with E-state index in [9.17, 15) is 9.50 Å². The molecule has 4 nitrogen and oxygen atoms in total. The molecule has 130 valence electrons. The molecular formula is C19H23FO4. The number of aliphatic hydroxyl groups is 2. The van der Waals surface area contributed by atoms with Crippen molar-refractivity contribution in [3.05, 3.63) is 71.8 Å². The number of aliphatic hydroxyl groups excluding tert-OH is 2. The van der Waals surface area contributed by atoms with E-state index in [2.05, 4.69) is 0 Å². The Morgan fingerprint density at radius 1 is 0.833 bits per heavy atom. The first-order chi connectivity index (χ1) is 11.7. The van der Waals surface area contributed by atoms with Gasteiger partial charge in [-0.25, -0.2) is 4.39 Å². The molecule has 0 aliphatic rings. The first kappa shape index (κ1) is 18.5. The number of halogens is 1. The lowest BCUT2D eigenvalue weighted by atomic mass is 10.1. The quantitative estimate of drug-likeness (QED) is 0.656. The summed E-state index contributed by atoms with van der Waals surface area (Å²) in [6.45, 7) is -0.0737. The molecule has 2 aromatic rings. The van der Waals surface area contributed by atoms with Crippen LogP contribution in [0, 0.1) is 0 Å². The summed E-state index contributed by atoms with van der Waals surface area (Å²) in [5, 5.41) is 18.3. The van der Waals surface area contributed by atoms with Crippen LogP contribution in [0.3, 0.4) is 0 Å². The molecule has 2 rings (SSSR count). The number of alkyl halides is 1. The smallest absolute Gasteiger partial charge is 0.161 e. The third-order valence-electron chi connectivity index (χ3n) is 3.58. The van der Waals surface area contributed by atoms with Crippen LogP contribution in [-0.2, 0) is 22.7 Å². The fourth-order valence-electron chi connectivity index (χ4n) is 2.17. The van der Waals surface area contributed by atoms with Gasteiger partial charge in [-0.15, -0.1) is 0 Å². The average Bonchev–Trinajstić information content (AvgIpc) is 2.64. The van der Waals surface area contributed by atoms with E-state index in [-0.39, 0.29) is 19.6 Å². The van der Waals surface area contributed by atoms with Gasteiger partial charge in [0, 0.05) is 6.42 Å². The Kier molecular flexibility index (Phi) is 7.85. The summed E-state index contributed by atoms with van der Waals surface area (Å²) in [7, 11) is 0. The highest BCUT2D eigenvalue weighted by Gasteiger charge is 2.23.